The molecule has 1 N–H and O–H groups in total. The maximum absolute atomic E-state index is 13.4. The number of nitrogens with one attached hydrogen (secondary N) is 1. The molecule has 1 saturated heterocycles. The van der Waals surface area contributed by atoms with Crippen molar-refractivity contribution in [1.82, 2.24) is 10.2 Å². The number of nitrogens with zero attached hydrogens (tertiary/aromatic N) is 1. The Kier molecular flexibility index (Phi) is 3.63. The van der Waals surface area contributed by atoms with Gasteiger partial charge in [0.2, 0.25) is 0 Å². The third-order valence-corrected chi connectivity index (χ3v) is 2.78. The minimum absolute atomic E-state index is 0.0850. The van der Waals surface area contributed by atoms with Crippen molar-refractivity contribution in [1.29, 1.82) is 0 Å². The van der Waals surface area contributed by atoms with Crippen LogP contribution >= 0.6 is 0 Å². The average Bonchev–Trinajstić information content (AvgIpc) is 2.35. The minimum atomic E-state index is -1.76. The molecule has 2 rings (SSSR count). The van der Waals surface area contributed by atoms with Crippen LogP contribution in [-0.2, 0) is 6.54 Å². The molecule has 94 valence electrons. The van der Waals surface area contributed by atoms with Gasteiger partial charge in [-0.2, -0.15) is 0 Å². The second kappa shape index (κ2) is 5.01. The lowest BCUT2D eigenvalue weighted by molar-refractivity contribution is 0.228. The van der Waals surface area contributed by atoms with Gasteiger partial charge in [-0.25, -0.2) is 17.6 Å². The molecular formula is C11H12F4N2. The lowest BCUT2D eigenvalue weighted by Crippen LogP contribution is -2.43. The normalized spacial score (nSPS) is 17.4. The monoisotopic (exact) mass is 248 g/mol. The molecule has 0 unspecified atom stereocenters. The zero-order chi connectivity index (χ0) is 12.4. The summed E-state index contributed by atoms with van der Waals surface area (Å²) in [5.41, 5.74) is -0.150. The van der Waals surface area contributed by atoms with Crippen LogP contribution in [0.2, 0.25) is 0 Å². The van der Waals surface area contributed by atoms with Gasteiger partial charge < -0.3 is 5.32 Å². The van der Waals surface area contributed by atoms with Gasteiger partial charge in [-0.05, 0) is 6.07 Å². The highest BCUT2D eigenvalue weighted by Crippen LogP contribution is 2.20. The Labute approximate surface area is 96.2 Å². The molecule has 1 heterocycles. The molecule has 2 nitrogen and oxygen atoms in total. The van der Waals surface area contributed by atoms with Crippen molar-refractivity contribution in [3.8, 4) is 0 Å². The SMILES string of the molecule is Fc1cc(CN2CCNCC2)c(F)c(F)c1F. The van der Waals surface area contributed by atoms with Crippen LogP contribution in [0.25, 0.3) is 0 Å². The Morgan fingerprint density at radius 2 is 1.65 bits per heavy atom. The van der Waals surface area contributed by atoms with E-state index in [0.717, 1.165) is 19.2 Å². The van der Waals surface area contributed by atoms with Crippen molar-refractivity contribution in [2.45, 2.75) is 6.54 Å². The van der Waals surface area contributed by atoms with Gasteiger partial charge >= 0.3 is 0 Å². The summed E-state index contributed by atoms with van der Waals surface area (Å²) in [5, 5.41) is 3.10. The molecule has 1 aliphatic heterocycles. The van der Waals surface area contributed by atoms with E-state index in [1.807, 2.05) is 4.90 Å². The summed E-state index contributed by atoms with van der Waals surface area (Å²) in [6.45, 7) is 2.91. The summed E-state index contributed by atoms with van der Waals surface area (Å²) in [6.07, 6.45) is 0. The molecule has 0 amide bonds. The molecule has 1 aliphatic rings. The fourth-order valence-corrected chi connectivity index (χ4v) is 1.85. The predicted octanol–water partition coefficient (Wildman–Crippen LogP) is 1.65. The Morgan fingerprint density at radius 1 is 1.00 bits per heavy atom. The van der Waals surface area contributed by atoms with E-state index in [1.165, 1.54) is 0 Å². The van der Waals surface area contributed by atoms with Crippen LogP contribution in [0.4, 0.5) is 17.6 Å². The number of rotatable bonds is 2. The Hall–Kier alpha value is -1.14. The highest BCUT2D eigenvalue weighted by molar-refractivity contribution is 5.21. The maximum atomic E-state index is 13.4. The van der Waals surface area contributed by atoms with Gasteiger partial charge in [0.1, 0.15) is 0 Å². The Balaban J connectivity index is 2.20. The van der Waals surface area contributed by atoms with Gasteiger partial charge in [-0.1, -0.05) is 0 Å². The van der Waals surface area contributed by atoms with Crippen LogP contribution in [0, 0.1) is 23.3 Å². The summed E-state index contributed by atoms with van der Waals surface area (Å²) >= 11 is 0. The first kappa shape index (κ1) is 12.3. The van der Waals surface area contributed by atoms with E-state index < -0.39 is 23.3 Å². The lowest BCUT2D eigenvalue weighted by Gasteiger charge is -2.27. The molecule has 0 saturated carbocycles. The third-order valence-electron chi connectivity index (χ3n) is 2.78. The number of halogens is 4. The highest BCUT2D eigenvalue weighted by atomic mass is 19.2. The summed E-state index contributed by atoms with van der Waals surface area (Å²) < 4.78 is 52.1. The molecule has 0 bridgehead atoms. The van der Waals surface area contributed by atoms with Crippen molar-refractivity contribution < 1.29 is 17.6 Å². The second-order valence-corrected chi connectivity index (χ2v) is 3.99. The predicted molar refractivity (Wildman–Crippen MR) is 54.4 cm³/mol. The van der Waals surface area contributed by atoms with Crippen molar-refractivity contribution in [2.75, 3.05) is 26.2 Å². The first-order valence-electron chi connectivity index (χ1n) is 5.34. The van der Waals surface area contributed by atoms with Crippen LogP contribution in [0.3, 0.4) is 0 Å². The quantitative estimate of drug-likeness (QED) is 0.486. The average molecular weight is 248 g/mol. The highest BCUT2D eigenvalue weighted by Gasteiger charge is 2.20. The molecule has 0 aliphatic carbocycles. The minimum Gasteiger partial charge on any atom is -0.314 e. The fourth-order valence-electron chi connectivity index (χ4n) is 1.85. The van der Waals surface area contributed by atoms with Crippen molar-refractivity contribution in [3.05, 3.63) is 34.9 Å². The van der Waals surface area contributed by atoms with Gasteiger partial charge in [-0.3, -0.25) is 4.90 Å². The second-order valence-electron chi connectivity index (χ2n) is 3.99. The van der Waals surface area contributed by atoms with Crippen LogP contribution in [0.15, 0.2) is 6.07 Å². The summed E-state index contributed by atoms with van der Waals surface area (Å²) in [4.78, 5) is 1.85. The third kappa shape index (κ3) is 2.58. The van der Waals surface area contributed by atoms with E-state index in [1.54, 1.807) is 0 Å². The number of hydrogen-bond donors (Lipinski definition) is 1. The smallest absolute Gasteiger partial charge is 0.197 e. The maximum Gasteiger partial charge on any atom is 0.197 e. The molecule has 0 aromatic heterocycles. The Morgan fingerprint density at radius 3 is 2.29 bits per heavy atom. The van der Waals surface area contributed by atoms with E-state index in [2.05, 4.69) is 5.32 Å². The van der Waals surface area contributed by atoms with E-state index in [4.69, 9.17) is 0 Å². The molecule has 1 aromatic carbocycles. The number of piperazine rings is 1. The first-order valence-corrected chi connectivity index (χ1v) is 5.34. The summed E-state index contributed by atoms with van der Waals surface area (Å²) in [6, 6.07) is 0.718. The van der Waals surface area contributed by atoms with Crippen LogP contribution < -0.4 is 5.32 Å². The van der Waals surface area contributed by atoms with Gasteiger partial charge in [0.05, 0.1) is 0 Å². The molecule has 6 heteroatoms. The zero-order valence-electron chi connectivity index (χ0n) is 9.07. The molecular weight excluding hydrogens is 236 g/mol. The van der Waals surface area contributed by atoms with Gasteiger partial charge in [0.15, 0.2) is 23.3 Å². The van der Waals surface area contributed by atoms with Crippen molar-refractivity contribution in [3.63, 3.8) is 0 Å². The van der Waals surface area contributed by atoms with Crippen molar-refractivity contribution >= 4 is 0 Å². The van der Waals surface area contributed by atoms with E-state index in [9.17, 15) is 17.6 Å². The van der Waals surface area contributed by atoms with Crippen LogP contribution in [0.5, 0.6) is 0 Å². The standard InChI is InChI=1S/C11H12F4N2/c12-8-5-7(9(13)11(15)10(8)14)6-17-3-1-16-2-4-17/h5,16H,1-4,6H2. The number of benzene rings is 1. The van der Waals surface area contributed by atoms with E-state index in [-0.39, 0.29) is 12.1 Å². The van der Waals surface area contributed by atoms with E-state index in [0.29, 0.717) is 13.1 Å². The lowest BCUT2D eigenvalue weighted by atomic mass is 10.1. The molecule has 1 fully saturated rings. The van der Waals surface area contributed by atoms with Gasteiger partial charge in [0, 0.05) is 38.3 Å². The largest absolute Gasteiger partial charge is 0.314 e. The van der Waals surface area contributed by atoms with Gasteiger partial charge in [-0.15, -0.1) is 0 Å². The summed E-state index contributed by atoms with van der Waals surface area (Å²) in [5.74, 6) is -6.15. The zero-order valence-corrected chi connectivity index (χ0v) is 9.07. The van der Waals surface area contributed by atoms with Crippen LogP contribution in [-0.4, -0.2) is 31.1 Å². The van der Waals surface area contributed by atoms with E-state index >= 15 is 0 Å². The molecule has 0 spiro atoms. The fraction of sp³-hybridized carbons (Fsp3) is 0.455. The molecule has 0 atom stereocenters. The number of hydrogen-bond acceptors (Lipinski definition) is 2. The summed E-state index contributed by atoms with van der Waals surface area (Å²) in [7, 11) is 0. The molecule has 1 aromatic rings. The van der Waals surface area contributed by atoms with Gasteiger partial charge in [0.25, 0.3) is 0 Å². The topological polar surface area (TPSA) is 15.3 Å². The first-order chi connectivity index (χ1) is 8.09. The molecule has 17 heavy (non-hydrogen) atoms. The van der Waals surface area contributed by atoms with Crippen LogP contribution in [0.1, 0.15) is 5.56 Å². The molecule has 0 radical (unpaired) electrons. The Bertz CT molecular complexity index is 416. The van der Waals surface area contributed by atoms with Crippen molar-refractivity contribution in [2.24, 2.45) is 0 Å².